The van der Waals surface area contributed by atoms with Crippen molar-refractivity contribution in [3.8, 4) is 0 Å². The average molecular weight is 415 g/mol. The first-order chi connectivity index (χ1) is 9.69. The van der Waals surface area contributed by atoms with Gasteiger partial charge in [-0.25, -0.2) is 0 Å². The highest BCUT2D eigenvalue weighted by Gasteiger charge is 2.22. The summed E-state index contributed by atoms with van der Waals surface area (Å²) in [6, 6.07) is 9.09. The Balaban J connectivity index is 2.01. The fourth-order valence-corrected chi connectivity index (χ4v) is 5.00. The Hall–Kier alpha value is -0.160. The van der Waals surface area contributed by atoms with Crippen LogP contribution in [0.2, 0.25) is 0 Å². The lowest BCUT2D eigenvalue weighted by atomic mass is 10.0. The number of hydrogen-bond acceptors (Lipinski definition) is 2. The summed E-state index contributed by atoms with van der Waals surface area (Å²) in [5, 5.41) is 3.63. The number of halogens is 2. The van der Waals surface area contributed by atoms with Crippen molar-refractivity contribution in [2.45, 2.75) is 32.2 Å². The summed E-state index contributed by atoms with van der Waals surface area (Å²) in [7, 11) is 0. The SMILES string of the molecule is CCNC(c1cc2c(s1)CCC2)c1cc(Br)ccc1Br. The van der Waals surface area contributed by atoms with Crippen LogP contribution in [-0.4, -0.2) is 6.54 Å². The average Bonchev–Trinajstić information content (AvgIpc) is 3.00. The minimum Gasteiger partial charge on any atom is -0.306 e. The van der Waals surface area contributed by atoms with Gasteiger partial charge < -0.3 is 5.32 Å². The monoisotopic (exact) mass is 413 g/mol. The van der Waals surface area contributed by atoms with E-state index >= 15 is 0 Å². The van der Waals surface area contributed by atoms with Crippen molar-refractivity contribution in [1.82, 2.24) is 5.32 Å². The van der Waals surface area contributed by atoms with Gasteiger partial charge in [-0.3, -0.25) is 0 Å². The lowest BCUT2D eigenvalue weighted by molar-refractivity contribution is 0.637. The lowest BCUT2D eigenvalue weighted by Crippen LogP contribution is -2.21. The highest BCUT2D eigenvalue weighted by Crippen LogP contribution is 2.38. The summed E-state index contributed by atoms with van der Waals surface area (Å²) in [5.74, 6) is 0. The third kappa shape index (κ3) is 2.89. The largest absolute Gasteiger partial charge is 0.306 e. The van der Waals surface area contributed by atoms with Crippen molar-refractivity contribution < 1.29 is 0 Å². The van der Waals surface area contributed by atoms with Crippen molar-refractivity contribution in [3.63, 3.8) is 0 Å². The first-order valence-electron chi connectivity index (χ1n) is 6.99. The van der Waals surface area contributed by atoms with Crippen LogP contribution in [0.5, 0.6) is 0 Å². The predicted molar refractivity (Wildman–Crippen MR) is 93.7 cm³/mol. The molecule has 1 nitrogen and oxygen atoms in total. The summed E-state index contributed by atoms with van der Waals surface area (Å²) >= 11 is 9.27. The van der Waals surface area contributed by atoms with Crippen LogP contribution in [0.25, 0.3) is 0 Å². The number of aryl methyl sites for hydroxylation is 2. The minimum atomic E-state index is 0.280. The molecule has 4 heteroatoms. The maximum Gasteiger partial charge on any atom is 0.0682 e. The summed E-state index contributed by atoms with van der Waals surface area (Å²) in [4.78, 5) is 3.03. The molecule has 0 amide bonds. The van der Waals surface area contributed by atoms with E-state index in [-0.39, 0.29) is 6.04 Å². The molecule has 0 fully saturated rings. The van der Waals surface area contributed by atoms with E-state index in [4.69, 9.17) is 0 Å². The Kier molecular flexibility index (Phi) is 4.65. The molecule has 20 heavy (non-hydrogen) atoms. The van der Waals surface area contributed by atoms with Crippen molar-refractivity contribution in [1.29, 1.82) is 0 Å². The molecule has 0 aliphatic heterocycles. The van der Waals surface area contributed by atoms with Crippen LogP contribution in [0.1, 0.15) is 40.3 Å². The topological polar surface area (TPSA) is 12.0 Å². The minimum absolute atomic E-state index is 0.280. The Morgan fingerprint density at radius 2 is 2.10 bits per heavy atom. The van der Waals surface area contributed by atoms with Gasteiger partial charge in [0.2, 0.25) is 0 Å². The van der Waals surface area contributed by atoms with Gasteiger partial charge in [-0.1, -0.05) is 38.8 Å². The third-order valence-corrected chi connectivity index (χ3v) is 6.24. The van der Waals surface area contributed by atoms with E-state index in [1.807, 2.05) is 11.3 Å². The molecule has 1 unspecified atom stereocenters. The standard InChI is InChI=1S/C16H17Br2NS/c1-2-19-16(12-9-11(17)6-7-13(12)18)15-8-10-4-3-5-14(10)20-15/h6-9,16,19H,2-5H2,1H3. The second kappa shape index (κ2) is 6.30. The third-order valence-electron chi connectivity index (χ3n) is 3.73. The van der Waals surface area contributed by atoms with Crippen LogP contribution < -0.4 is 5.32 Å². The molecule has 3 rings (SSSR count). The summed E-state index contributed by atoms with van der Waals surface area (Å²) in [6.45, 7) is 3.13. The van der Waals surface area contributed by atoms with E-state index in [2.05, 4.69) is 68.4 Å². The molecule has 1 aliphatic rings. The number of nitrogens with one attached hydrogen (secondary N) is 1. The predicted octanol–water partition coefficient (Wildman–Crippen LogP) is 5.46. The maximum absolute atomic E-state index is 3.70. The molecule has 1 atom stereocenters. The number of benzene rings is 1. The second-order valence-corrected chi connectivity index (χ2v) is 8.05. The van der Waals surface area contributed by atoms with E-state index in [1.165, 1.54) is 34.2 Å². The lowest BCUT2D eigenvalue weighted by Gasteiger charge is -2.19. The molecule has 0 spiro atoms. The fourth-order valence-electron chi connectivity index (χ4n) is 2.80. The van der Waals surface area contributed by atoms with Gasteiger partial charge in [0, 0.05) is 18.7 Å². The highest BCUT2D eigenvalue weighted by atomic mass is 79.9. The number of fused-ring (bicyclic) bond motifs is 1. The summed E-state index contributed by atoms with van der Waals surface area (Å²) < 4.78 is 2.29. The van der Waals surface area contributed by atoms with Crippen LogP contribution in [0.3, 0.4) is 0 Å². The van der Waals surface area contributed by atoms with Crippen LogP contribution >= 0.6 is 43.2 Å². The Morgan fingerprint density at radius 1 is 1.25 bits per heavy atom. The normalized spacial score (nSPS) is 15.3. The zero-order valence-electron chi connectivity index (χ0n) is 11.4. The van der Waals surface area contributed by atoms with Crippen molar-refractivity contribution in [3.05, 3.63) is 54.1 Å². The van der Waals surface area contributed by atoms with Crippen molar-refractivity contribution >= 4 is 43.2 Å². The van der Waals surface area contributed by atoms with Gasteiger partial charge in [-0.15, -0.1) is 11.3 Å². The Bertz CT molecular complexity index is 599. The molecule has 1 aromatic carbocycles. The maximum atomic E-state index is 3.70. The molecule has 1 aromatic heterocycles. The molecule has 106 valence electrons. The zero-order valence-corrected chi connectivity index (χ0v) is 15.4. The van der Waals surface area contributed by atoms with Crippen LogP contribution in [0, 0.1) is 0 Å². The molecular formula is C16H17Br2NS. The number of rotatable bonds is 4. The van der Waals surface area contributed by atoms with E-state index in [0.29, 0.717) is 0 Å². The number of hydrogen-bond donors (Lipinski definition) is 1. The number of thiophene rings is 1. The molecule has 1 N–H and O–H groups in total. The summed E-state index contributed by atoms with van der Waals surface area (Å²) in [5.41, 5.74) is 2.88. The van der Waals surface area contributed by atoms with Gasteiger partial charge in [0.25, 0.3) is 0 Å². The van der Waals surface area contributed by atoms with Gasteiger partial charge in [0.05, 0.1) is 6.04 Å². The molecule has 0 bridgehead atoms. The van der Waals surface area contributed by atoms with E-state index < -0.39 is 0 Å². The van der Waals surface area contributed by atoms with Crippen LogP contribution in [-0.2, 0) is 12.8 Å². The first-order valence-corrected chi connectivity index (χ1v) is 9.39. The molecule has 0 saturated carbocycles. The molecular weight excluding hydrogens is 398 g/mol. The second-order valence-electron chi connectivity index (χ2n) is 5.11. The van der Waals surface area contributed by atoms with Gasteiger partial charge in [0.1, 0.15) is 0 Å². The van der Waals surface area contributed by atoms with E-state index in [1.54, 1.807) is 10.4 Å². The van der Waals surface area contributed by atoms with Gasteiger partial charge in [0.15, 0.2) is 0 Å². The van der Waals surface area contributed by atoms with Crippen LogP contribution in [0.15, 0.2) is 33.2 Å². The van der Waals surface area contributed by atoms with Crippen LogP contribution in [0.4, 0.5) is 0 Å². The molecule has 0 saturated heterocycles. The van der Waals surface area contributed by atoms with E-state index in [0.717, 1.165) is 11.0 Å². The van der Waals surface area contributed by atoms with Gasteiger partial charge >= 0.3 is 0 Å². The van der Waals surface area contributed by atoms with Gasteiger partial charge in [-0.2, -0.15) is 0 Å². The quantitative estimate of drug-likeness (QED) is 0.700. The molecule has 1 aliphatic carbocycles. The molecule has 2 aromatic rings. The van der Waals surface area contributed by atoms with Crippen molar-refractivity contribution in [2.75, 3.05) is 6.54 Å². The smallest absolute Gasteiger partial charge is 0.0682 e. The van der Waals surface area contributed by atoms with E-state index in [9.17, 15) is 0 Å². The Morgan fingerprint density at radius 3 is 2.85 bits per heavy atom. The summed E-state index contributed by atoms with van der Waals surface area (Å²) in [6.07, 6.45) is 3.84. The fraction of sp³-hybridized carbons (Fsp3) is 0.375. The first kappa shape index (κ1) is 14.8. The molecule has 1 heterocycles. The molecule has 0 radical (unpaired) electrons. The van der Waals surface area contributed by atoms with Gasteiger partial charge in [-0.05, 0) is 61.2 Å². The van der Waals surface area contributed by atoms with Crippen molar-refractivity contribution in [2.24, 2.45) is 0 Å². The zero-order chi connectivity index (χ0) is 14.1. The highest BCUT2D eigenvalue weighted by molar-refractivity contribution is 9.11. The Labute approximate surface area is 141 Å².